The van der Waals surface area contributed by atoms with Gasteiger partial charge in [0.2, 0.25) is 0 Å². The van der Waals surface area contributed by atoms with Crippen molar-refractivity contribution in [3.63, 3.8) is 0 Å². The van der Waals surface area contributed by atoms with Crippen molar-refractivity contribution in [1.29, 1.82) is 0 Å². The molecule has 14 heavy (non-hydrogen) atoms. The van der Waals surface area contributed by atoms with E-state index in [1.165, 1.54) is 16.6 Å². The molecule has 0 fully saturated rings. The van der Waals surface area contributed by atoms with E-state index in [1.54, 1.807) is 0 Å². The van der Waals surface area contributed by atoms with Crippen LogP contribution in [0.25, 0.3) is 10.9 Å². The summed E-state index contributed by atoms with van der Waals surface area (Å²) in [5.74, 6) is 0.675. The minimum absolute atomic E-state index is 0.675. The molecule has 0 amide bonds. The number of rotatable bonds is 3. The molecule has 0 saturated carbocycles. The van der Waals surface area contributed by atoms with Crippen LogP contribution in [0, 0.1) is 5.92 Å². The monoisotopic (exact) mass is 188 g/mol. The molecule has 2 aromatic rings. The van der Waals surface area contributed by atoms with E-state index in [0.29, 0.717) is 5.92 Å². The molecule has 0 bridgehead atoms. The summed E-state index contributed by atoms with van der Waals surface area (Å²) in [6, 6.07) is 8.49. The Labute approximate surface area is 84.3 Å². The molecular weight excluding hydrogens is 172 g/mol. The molecule has 2 nitrogen and oxygen atoms in total. The van der Waals surface area contributed by atoms with E-state index in [9.17, 15) is 0 Å². The zero-order valence-corrected chi connectivity index (χ0v) is 8.67. The highest BCUT2D eigenvalue weighted by Crippen LogP contribution is 2.17. The van der Waals surface area contributed by atoms with E-state index in [2.05, 4.69) is 48.4 Å². The number of nitrogens with one attached hydrogen (secondary N) is 2. The number of aromatic amines is 1. The summed E-state index contributed by atoms with van der Waals surface area (Å²) in [6.45, 7) is 5.44. The molecule has 0 unspecified atom stereocenters. The zero-order chi connectivity index (χ0) is 9.97. The summed E-state index contributed by atoms with van der Waals surface area (Å²) in [7, 11) is 0. The molecule has 0 atom stereocenters. The first-order valence-electron chi connectivity index (χ1n) is 5.07. The summed E-state index contributed by atoms with van der Waals surface area (Å²) < 4.78 is 0. The van der Waals surface area contributed by atoms with Crippen LogP contribution in [0.1, 0.15) is 13.8 Å². The van der Waals surface area contributed by atoms with Crippen LogP contribution in [-0.4, -0.2) is 11.5 Å². The van der Waals surface area contributed by atoms with Crippen LogP contribution in [0.4, 0.5) is 5.69 Å². The van der Waals surface area contributed by atoms with Gasteiger partial charge in [-0.25, -0.2) is 0 Å². The Bertz CT molecular complexity index is 415. The molecule has 2 N–H and O–H groups in total. The van der Waals surface area contributed by atoms with E-state index < -0.39 is 0 Å². The molecule has 1 heterocycles. The number of hydrogen-bond donors (Lipinski definition) is 2. The van der Waals surface area contributed by atoms with Crippen LogP contribution >= 0.6 is 0 Å². The van der Waals surface area contributed by atoms with Gasteiger partial charge in [-0.1, -0.05) is 19.9 Å². The number of anilines is 1. The van der Waals surface area contributed by atoms with Crippen molar-refractivity contribution in [3.05, 3.63) is 30.5 Å². The second kappa shape index (κ2) is 3.74. The Hall–Kier alpha value is -1.44. The average molecular weight is 188 g/mol. The third-order valence-electron chi connectivity index (χ3n) is 2.27. The van der Waals surface area contributed by atoms with Crippen molar-refractivity contribution in [1.82, 2.24) is 4.98 Å². The molecule has 0 aliphatic carbocycles. The van der Waals surface area contributed by atoms with Crippen molar-refractivity contribution in [2.45, 2.75) is 13.8 Å². The summed E-state index contributed by atoms with van der Waals surface area (Å²) in [5, 5.41) is 4.67. The maximum absolute atomic E-state index is 3.41. The summed E-state index contributed by atoms with van der Waals surface area (Å²) in [4.78, 5) is 3.21. The molecule has 2 heteroatoms. The highest BCUT2D eigenvalue weighted by atomic mass is 14.9. The maximum atomic E-state index is 3.41. The van der Waals surface area contributed by atoms with Gasteiger partial charge in [0.1, 0.15) is 0 Å². The van der Waals surface area contributed by atoms with Gasteiger partial charge in [0.25, 0.3) is 0 Å². The first kappa shape index (κ1) is 9.13. The summed E-state index contributed by atoms with van der Waals surface area (Å²) in [5.41, 5.74) is 2.38. The fourth-order valence-electron chi connectivity index (χ4n) is 1.48. The molecule has 0 radical (unpaired) electrons. The third-order valence-corrected chi connectivity index (χ3v) is 2.27. The van der Waals surface area contributed by atoms with E-state index in [1.807, 2.05) is 6.20 Å². The first-order chi connectivity index (χ1) is 6.75. The van der Waals surface area contributed by atoms with Gasteiger partial charge >= 0.3 is 0 Å². The van der Waals surface area contributed by atoms with Crippen molar-refractivity contribution < 1.29 is 0 Å². The Morgan fingerprint density at radius 2 is 2.14 bits per heavy atom. The van der Waals surface area contributed by atoms with Crippen LogP contribution in [0.2, 0.25) is 0 Å². The van der Waals surface area contributed by atoms with Gasteiger partial charge in [-0.05, 0) is 29.5 Å². The lowest BCUT2D eigenvalue weighted by Crippen LogP contribution is -2.07. The average Bonchev–Trinajstić information content (AvgIpc) is 2.61. The Kier molecular flexibility index (Phi) is 2.44. The van der Waals surface area contributed by atoms with Crippen molar-refractivity contribution in [2.75, 3.05) is 11.9 Å². The predicted octanol–water partition coefficient (Wildman–Crippen LogP) is 3.24. The van der Waals surface area contributed by atoms with E-state index >= 15 is 0 Å². The SMILES string of the molecule is CC(C)CNc1ccc2cc[nH]c2c1. The highest BCUT2D eigenvalue weighted by Gasteiger charge is 1.97. The van der Waals surface area contributed by atoms with Crippen LogP contribution < -0.4 is 5.32 Å². The molecule has 1 aromatic heterocycles. The lowest BCUT2D eigenvalue weighted by Gasteiger charge is -2.08. The minimum atomic E-state index is 0.675. The Morgan fingerprint density at radius 3 is 2.93 bits per heavy atom. The topological polar surface area (TPSA) is 27.8 Å². The number of hydrogen-bond acceptors (Lipinski definition) is 1. The third kappa shape index (κ3) is 1.90. The highest BCUT2D eigenvalue weighted by molar-refractivity contribution is 5.82. The summed E-state index contributed by atoms with van der Waals surface area (Å²) >= 11 is 0. The molecule has 1 aromatic carbocycles. The molecule has 0 aliphatic rings. The molecule has 0 saturated heterocycles. The Balaban J connectivity index is 2.17. The zero-order valence-electron chi connectivity index (χ0n) is 8.67. The van der Waals surface area contributed by atoms with Gasteiger partial charge < -0.3 is 10.3 Å². The quantitative estimate of drug-likeness (QED) is 0.760. The molecular formula is C12H16N2. The van der Waals surface area contributed by atoms with Crippen molar-refractivity contribution in [3.8, 4) is 0 Å². The Morgan fingerprint density at radius 1 is 1.29 bits per heavy atom. The first-order valence-corrected chi connectivity index (χ1v) is 5.07. The van der Waals surface area contributed by atoms with Gasteiger partial charge in [-0.15, -0.1) is 0 Å². The van der Waals surface area contributed by atoms with Crippen LogP contribution in [0.5, 0.6) is 0 Å². The lowest BCUT2D eigenvalue weighted by molar-refractivity contribution is 0.689. The van der Waals surface area contributed by atoms with E-state index in [0.717, 1.165) is 6.54 Å². The van der Waals surface area contributed by atoms with E-state index in [4.69, 9.17) is 0 Å². The van der Waals surface area contributed by atoms with Crippen molar-refractivity contribution >= 4 is 16.6 Å². The van der Waals surface area contributed by atoms with Crippen LogP contribution in [0.3, 0.4) is 0 Å². The number of H-pyrrole nitrogens is 1. The lowest BCUT2D eigenvalue weighted by atomic mass is 10.2. The number of fused-ring (bicyclic) bond motifs is 1. The van der Waals surface area contributed by atoms with Gasteiger partial charge in [-0.3, -0.25) is 0 Å². The normalized spacial score (nSPS) is 11.1. The van der Waals surface area contributed by atoms with Crippen LogP contribution in [-0.2, 0) is 0 Å². The van der Waals surface area contributed by atoms with Gasteiger partial charge in [0.15, 0.2) is 0 Å². The second-order valence-corrected chi connectivity index (χ2v) is 4.05. The largest absolute Gasteiger partial charge is 0.385 e. The van der Waals surface area contributed by atoms with Gasteiger partial charge in [0.05, 0.1) is 0 Å². The van der Waals surface area contributed by atoms with Gasteiger partial charge in [-0.2, -0.15) is 0 Å². The summed E-state index contributed by atoms with van der Waals surface area (Å²) in [6.07, 6.45) is 1.97. The second-order valence-electron chi connectivity index (χ2n) is 4.05. The van der Waals surface area contributed by atoms with Crippen LogP contribution in [0.15, 0.2) is 30.5 Å². The molecule has 2 rings (SSSR count). The van der Waals surface area contributed by atoms with E-state index in [-0.39, 0.29) is 0 Å². The minimum Gasteiger partial charge on any atom is -0.385 e. The molecule has 0 aliphatic heterocycles. The number of benzene rings is 1. The fraction of sp³-hybridized carbons (Fsp3) is 0.333. The standard InChI is InChI=1S/C12H16N2/c1-9(2)8-14-11-4-3-10-5-6-13-12(10)7-11/h3-7,9,13-14H,8H2,1-2H3. The molecule has 74 valence electrons. The van der Waals surface area contributed by atoms with Gasteiger partial charge in [0, 0.05) is 23.9 Å². The smallest absolute Gasteiger partial charge is 0.0474 e. The fourth-order valence-corrected chi connectivity index (χ4v) is 1.48. The maximum Gasteiger partial charge on any atom is 0.0474 e. The number of aromatic nitrogens is 1. The van der Waals surface area contributed by atoms with Crippen molar-refractivity contribution in [2.24, 2.45) is 5.92 Å². The molecule has 0 spiro atoms. The predicted molar refractivity (Wildman–Crippen MR) is 61.6 cm³/mol.